The molecule has 5 rings (SSSR count). The molecule has 3 aliphatic heterocycles. The molecule has 0 atom stereocenters. The van der Waals surface area contributed by atoms with Gasteiger partial charge < -0.3 is 20.1 Å². The second kappa shape index (κ2) is 7.65. The Balaban J connectivity index is 1.30. The molecule has 3 aliphatic rings. The zero-order valence-electron chi connectivity index (χ0n) is 16.5. The number of benzene rings is 2. The minimum atomic E-state index is -0.111. The molecule has 150 valence electrons. The fraction of sp³-hybridized carbons (Fsp3) is 0.375. The van der Waals surface area contributed by atoms with Crippen molar-refractivity contribution in [2.24, 2.45) is 0 Å². The molecule has 2 aromatic carbocycles. The van der Waals surface area contributed by atoms with Gasteiger partial charge in [0.1, 0.15) is 12.4 Å². The topological polar surface area (TPSA) is 61.8 Å². The van der Waals surface area contributed by atoms with Gasteiger partial charge in [0.15, 0.2) is 0 Å². The van der Waals surface area contributed by atoms with Crippen molar-refractivity contribution in [1.29, 1.82) is 0 Å². The number of amides is 1. The fourth-order valence-electron chi connectivity index (χ4n) is 4.57. The molecule has 1 fully saturated rings. The van der Waals surface area contributed by atoms with Crippen LogP contribution in [0.25, 0.3) is 11.3 Å². The van der Waals surface area contributed by atoms with Gasteiger partial charge in [0.25, 0.3) is 5.91 Å². The molecule has 29 heavy (non-hydrogen) atoms. The summed E-state index contributed by atoms with van der Waals surface area (Å²) in [5.41, 5.74) is 5.89. The predicted octanol–water partition coefficient (Wildman–Crippen LogP) is 3.43. The van der Waals surface area contributed by atoms with Crippen LogP contribution in [0, 0.1) is 0 Å². The summed E-state index contributed by atoms with van der Waals surface area (Å²) in [4.78, 5) is 15.0. The first-order valence-electron chi connectivity index (χ1n) is 10.5. The van der Waals surface area contributed by atoms with Crippen molar-refractivity contribution >= 4 is 22.9 Å². The Morgan fingerprint density at radius 3 is 2.79 bits per heavy atom. The number of hydrogen-bond donors (Lipinski definition) is 2. The number of likely N-dealkylation sites (tertiary alicyclic amines) is 1. The number of para-hydroxylation sites is 1. The normalized spacial score (nSPS) is 21.6. The van der Waals surface area contributed by atoms with Crippen LogP contribution < -0.4 is 5.32 Å². The Hall–Kier alpha value is -2.63. The second-order valence-corrected chi connectivity index (χ2v) is 8.16. The van der Waals surface area contributed by atoms with E-state index < -0.39 is 0 Å². The van der Waals surface area contributed by atoms with Crippen LogP contribution in [0.4, 0.5) is 5.69 Å². The molecule has 0 unspecified atom stereocenters. The first-order chi connectivity index (χ1) is 14.2. The number of nitrogens with one attached hydrogen (secondary N) is 1. The van der Waals surface area contributed by atoms with Gasteiger partial charge in [-0.15, -0.1) is 0 Å². The van der Waals surface area contributed by atoms with E-state index in [1.54, 1.807) is 0 Å². The monoisotopic (exact) mass is 390 g/mol. The van der Waals surface area contributed by atoms with Gasteiger partial charge >= 0.3 is 0 Å². The van der Waals surface area contributed by atoms with Gasteiger partial charge in [-0.05, 0) is 43.9 Å². The zero-order chi connectivity index (χ0) is 19.8. The molecular weight excluding hydrogens is 364 g/mol. The number of nitrogens with zero attached hydrogens (tertiary/aromatic N) is 1. The van der Waals surface area contributed by atoms with Crippen LogP contribution in [0.3, 0.4) is 0 Å². The molecule has 0 aliphatic carbocycles. The number of carbonyl (C=O) groups is 1. The Kier molecular flexibility index (Phi) is 4.86. The summed E-state index contributed by atoms with van der Waals surface area (Å²) in [6.45, 7) is 3.59. The van der Waals surface area contributed by atoms with Crippen LogP contribution in [0.1, 0.15) is 41.5 Å². The molecule has 0 aromatic heterocycles. The number of anilines is 1. The summed E-state index contributed by atoms with van der Waals surface area (Å²) in [5.74, 6) is 0.602. The summed E-state index contributed by atoms with van der Waals surface area (Å²) in [7, 11) is 0. The molecule has 0 saturated carbocycles. The Morgan fingerprint density at radius 2 is 1.93 bits per heavy atom. The lowest BCUT2D eigenvalue weighted by molar-refractivity contribution is -0.110. The molecule has 3 heterocycles. The van der Waals surface area contributed by atoms with Crippen LogP contribution in [0.15, 0.2) is 42.5 Å². The van der Waals surface area contributed by atoms with E-state index in [-0.39, 0.29) is 12.0 Å². The van der Waals surface area contributed by atoms with Crippen LogP contribution in [0.5, 0.6) is 0 Å². The fourth-order valence-corrected chi connectivity index (χ4v) is 4.57. The van der Waals surface area contributed by atoms with E-state index in [0.29, 0.717) is 17.9 Å². The van der Waals surface area contributed by atoms with Gasteiger partial charge in [0.05, 0.1) is 11.7 Å². The van der Waals surface area contributed by atoms with Crippen molar-refractivity contribution in [1.82, 2.24) is 4.90 Å². The number of hydrogen-bond acceptors (Lipinski definition) is 4. The van der Waals surface area contributed by atoms with Crippen molar-refractivity contribution in [3.8, 4) is 0 Å². The van der Waals surface area contributed by atoms with Crippen LogP contribution in [-0.2, 0) is 22.6 Å². The number of carbonyl (C=O) groups excluding carboxylic acids is 1. The Labute approximate surface area is 171 Å². The quantitative estimate of drug-likeness (QED) is 0.786. The van der Waals surface area contributed by atoms with Crippen LogP contribution in [-0.4, -0.2) is 41.7 Å². The number of aryl methyl sites for hydroxylation is 1. The number of piperidine rings is 1. The third-order valence-electron chi connectivity index (χ3n) is 6.18. The van der Waals surface area contributed by atoms with Gasteiger partial charge in [-0.3, -0.25) is 4.79 Å². The van der Waals surface area contributed by atoms with Crippen molar-refractivity contribution in [3.05, 3.63) is 64.7 Å². The van der Waals surface area contributed by atoms with E-state index in [4.69, 9.17) is 4.74 Å². The number of ether oxygens (including phenoxy) is 1. The smallest absolute Gasteiger partial charge is 0.260 e. The van der Waals surface area contributed by atoms with Gasteiger partial charge in [0, 0.05) is 35.5 Å². The van der Waals surface area contributed by atoms with E-state index in [9.17, 15) is 9.90 Å². The molecule has 0 bridgehead atoms. The van der Waals surface area contributed by atoms with Gasteiger partial charge in [-0.2, -0.15) is 0 Å². The molecule has 0 spiro atoms. The van der Waals surface area contributed by atoms with E-state index in [0.717, 1.165) is 67.7 Å². The minimum absolute atomic E-state index is 0.0928. The summed E-state index contributed by atoms with van der Waals surface area (Å²) in [5, 5.41) is 12.6. The summed E-state index contributed by atoms with van der Waals surface area (Å²) in [6, 6.07) is 14.2. The highest BCUT2D eigenvalue weighted by atomic mass is 16.5. The SMILES string of the molecule is O=C1Nc2ccccc2C1=C1OCc2cc(CCCN3CCC(O)CC3)ccc21. The second-order valence-electron chi connectivity index (χ2n) is 8.16. The van der Waals surface area contributed by atoms with Gasteiger partial charge in [-0.1, -0.05) is 36.4 Å². The third-order valence-corrected chi connectivity index (χ3v) is 6.18. The van der Waals surface area contributed by atoms with Crippen molar-refractivity contribution in [2.75, 3.05) is 25.0 Å². The standard InChI is InChI=1S/C24H26N2O3/c27-18-9-12-26(13-10-18)11-3-4-16-7-8-19-17(14-16)15-29-23(19)22-20-5-1-2-6-21(20)25-24(22)28/h1-2,5-8,14,18,27H,3-4,9-13,15H2,(H,25,28). The number of aliphatic hydroxyl groups is 1. The largest absolute Gasteiger partial charge is 0.487 e. The summed E-state index contributed by atoms with van der Waals surface area (Å²) >= 11 is 0. The molecule has 5 nitrogen and oxygen atoms in total. The minimum Gasteiger partial charge on any atom is -0.487 e. The molecule has 2 N–H and O–H groups in total. The highest BCUT2D eigenvalue weighted by Crippen LogP contribution is 2.41. The Bertz CT molecular complexity index is 974. The average Bonchev–Trinajstić information content (AvgIpc) is 3.28. The van der Waals surface area contributed by atoms with Gasteiger partial charge in [0.2, 0.25) is 0 Å². The third kappa shape index (κ3) is 3.56. The van der Waals surface area contributed by atoms with Crippen LogP contribution >= 0.6 is 0 Å². The zero-order valence-corrected chi connectivity index (χ0v) is 16.5. The maximum atomic E-state index is 12.5. The first-order valence-corrected chi connectivity index (χ1v) is 10.5. The number of fused-ring (bicyclic) bond motifs is 2. The lowest BCUT2D eigenvalue weighted by Gasteiger charge is -2.29. The lowest BCUT2D eigenvalue weighted by Crippen LogP contribution is -2.36. The Morgan fingerprint density at radius 1 is 1.10 bits per heavy atom. The molecule has 5 heteroatoms. The highest BCUT2D eigenvalue weighted by molar-refractivity contribution is 6.36. The summed E-state index contributed by atoms with van der Waals surface area (Å²) in [6.07, 6.45) is 3.82. The van der Waals surface area contributed by atoms with Crippen molar-refractivity contribution < 1.29 is 14.6 Å². The summed E-state index contributed by atoms with van der Waals surface area (Å²) < 4.78 is 5.99. The molecule has 0 radical (unpaired) electrons. The average molecular weight is 390 g/mol. The van der Waals surface area contributed by atoms with E-state index >= 15 is 0 Å². The first kappa shape index (κ1) is 18.4. The van der Waals surface area contributed by atoms with Crippen molar-refractivity contribution in [3.63, 3.8) is 0 Å². The molecule has 2 aromatic rings. The maximum absolute atomic E-state index is 12.5. The number of aliphatic hydroxyl groups excluding tert-OH is 1. The van der Waals surface area contributed by atoms with E-state index in [2.05, 4.69) is 28.4 Å². The van der Waals surface area contributed by atoms with Gasteiger partial charge in [-0.25, -0.2) is 0 Å². The maximum Gasteiger partial charge on any atom is 0.260 e. The van der Waals surface area contributed by atoms with E-state index in [1.807, 2.05) is 24.3 Å². The molecule has 1 amide bonds. The number of rotatable bonds is 4. The highest BCUT2D eigenvalue weighted by Gasteiger charge is 2.32. The lowest BCUT2D eigenvalue weighted by atomic mass is 9.98. The van der Waals surface area contributed by atoms with E-state index in [1.165, 1.54) is 5.56 Å². The van der Waals surface area contributed by atoms with Crippen LogP contribution in [0.2, 0.25) is 0 Å². The molecule has 1 saturated heterocycles. The predicted molar refractivity (Wildman–Crippen MR) is 113 cm³/mol. The van der Waals surface area contributed by atoms with Crippen molar-refractivity contribution in [2.45, 2.75) is 38.4 Å². The molecular formula is C24H26N2O3.